The van der Waals surface area contributed by atoms with Gasteiger partial charge in [0.25, 0.3) is 0 Å². The van der Waals surface area contributed by atoms with E-state index in [2.05, 4.69) is 11.1 Å². The Morgan fingerprint density at radius 1 is 1.17 bits per heavy atom. The van der Waals surface area contributed by atoms with Gasteiger partial charge in [0.05, 0.1) is 0 Å². The van der Waals surface area contributed by atoms with Crippen LogP contribution in [0.15, 0.2) is 30.3 Å². The molecule has 0 aliphatic heterocycles. The average Bonchev–Trinajstić information content (AvgIpc) is 2.74. The molecule has 1 aliphatic carbocycles. The number of aromatic nitrogens is 1. The number of hydrogen-bond donors (Lipinski definition) is 1. The van der Waals surface area contributed by atoms with Crippen LogP contribution in [-0.4, -0.2) is 10.1 Å². The molecule has 1 aromatic carbocycles. The fourth-order valence-electron chi connectivity index (χ4n) is 2.37. The normalized spacial score (nSPS) is 13.4. The molecule has 3 heteroatoms. The van der Waals surface area contributed by atoms with Gasteiger partial charge in [0.15, 0.2) is 0 Å². The summed E-state index contributed by atoms with van der Waals surface area (Å²) in [4.78, 5) is 4.50. The number of nitrogens with zero attached hydrogens (tertiary/aromatic N) is 1. The van der Waals surface area contributed by atoms with Crippen molar-refractivity contribution in [1.82, 2.24) is 4.98 Å². The van der Waals surface area contributed by atoms with Crippen LogP contribution < -0.4 is 4.74 Å². The molecule has 0 unspecified atom stereocenters. The lowest BCUT2D eigenvalue weighted by atomic mass is 10.2. The third-order valence-electron chi connectivity index (χ3n) is 3.16. The molecule has 2 aromatic rings. The number of fused-ring (bicyclic) bond motifs is 1. The van der Waals surface area contributed by atoms with Gasteiger partial charge in [-0.05, 0) is 49.4 Å². The van der Waals surface area contributed by atoms with Crippen LogP contribution in [0.2, 0.25) is 0 Å². The Labute approximate surface area is 106 Å². The molecule has 1 N–H and O–H groups in total. The van der Waals surface area contributed by atoms with Crippen LogP contribution >= 0.6 is 0 Å². The van der Waals surface area contributed by atoms with E-state index >= 15 is 0 Å². The summed E-state index contributed by atoms with van der Waals surface area (Å²) >= 11 is 0. The Balaban J connectivity index is 1.88. The van der Waals surface area contributed by atoms with Crippen LogP contribution in [0.4, 0.5) is 0 Å². The number of aromatic hydroxyl groups is 1. The van der Waals surface area contributed by atoms with E-state index in [1.807, 2.05) is 19.1 Å². The zero-order valence-electron chi connectivity index (χ0n) is 10.3. The largest absolute Gasteiger partial charge is 0.508 e. The van der Waals surface area contributed by atoms with Crippen LogP contribution in [0, 0.1) is 6.92 Å². The van der Waals surface area contributed by atoms with Gasteiger partial charge in [0, 0.05) is 17.8 Å². The van der Waals surface area contributed by atoms with E-state index in [9.17, 15) is 5.11 Å². The molecule has 0 bridgehead atoms. The van der Waals surface area contributed by atoms with Gasteiger partial charge in [0.1, 0.15) is 11.5 Å². The Hall–Kier alpha value is -2.03. The van der Waals surface area contributed by atoms with Crippen LogP contribution in [0.1, 0.15) is 23.2 Å². The SMILES string of the molecule is Cc1cc(O)cc(Oc2ccc3c(n2)CCC3)c1. The Morgan fingerprint density at radius 2 is 2.06 bits per heavy atom. The fraction of sp³-hybridized carbons (Fsp3) is 0.267. The maximum absolute atomic E-state index is 9.53. The van der Waals surface area contributed by atoms with E-state index < -0.39 is 0 Å². The highest BCUT2D eigenvalue weighted by atomic mass is 16.5. The van der Waals surface area contributed by atoms with Gasteiger partial charge in [-0.3, -0.25) is 0 Å². The van der Waals surface area contributed by atoms with E-state index in [4.69, 9.17) is 4.74 Å². The maximum Gasteiger partial charge on any atom is 0.219 e. The predicted octanol–water partition coefficient (Wildman–Crippen LogP) is 3.38. The molecular formula is C15H15NO2. The maximum atomic E-state index is 9.53. The highest BCUT2D eigenvalue weighted by Gasteiger charge is 2.13. The van der Waals surface area contributed by atoms with Crippen molar-refractivity contribution < 1.29 is 9.84 Å². The summed E-state index contributed by atoms with van der Waals surface area (Å²) < 4.78 is 5.69. The smallest absolute Gasteiger partial charge is 0.219 e. The van der Waals surface area contributed by atoms with Gasteiger partial charge in [-0.15, -0.1) is 0 Å². The van der Waals surface area contributed by atoms with Gasteiger partial charge in [-0.2, -0.15) is 0 Å². The standard InChI is InChI=1S/C15H15NO2/c1-10-7-12(17)9-13(8-10)18-15-6-5-11-3-2-4-14(11)16-15/h5-9,17H,2-4H2,1H3. The molecule has 0 saturated carbocycles. The van der Waals surface area contributed by atoms with Crippen LogP contribution in [0.5, 0.6) is 17.4 Å². The van der Waals surface area contributed by atoms with Crippen LogP contribution in [0.25, 0.3) is 0 Å². The number of benzene rings is 1. The minimum Gasteiger partial charge on any atom is -0.508 e. The molecular weight excluding hydrogens is 226 g/mol. The van der Waals surface area contributed by atoms with E-state index in [-0.39, 0.29) is 5.75 Å². The van der Waals surface area contributed by atoms with Crippen molar-refractivity contribution >= 4 is 0 Å². The first-order valence-corrected chi connectivity index (χ1v) is 6.18. The van der Waals surface area contributed by atoms with Crippen molar-refractivity contribution in [1.29, 1.82) is 0 Å². The molecule has 92 valence electrons. The molecule has 0 atom stereocenters. The number of rotatable bonds is 2. The van der Waals surface area contributed by atoms with Gasteiger partial charge in [-0.1, -0.05) is 6.07 Å². The number of aryl methyl sites for hydroxylation is 3. The second-order valence-electron chi connectivity index (χ2n) is 4.72. The minimum atomic E-state index is 0.214. The molecule has 0 radical (unpaired) electrons. The molecule has 18 heavy (non-hydrogen) atoms. The molecule has 1 aromatic heterocycles. The molecule has 3 rings (SSSR count). The van der Waals surface area contributed by atoms with E-state index in [1.54, 1.807) is 12.1 Å². The van der Waals surface area contributed by atoms with Gasteiger partial charge in [-0.25, -0.2) is 4.98 Å². The first-order valence-electron chi connectivity index (χ1n) is 6.18. The first-order chi connectivity index (χ1) is 8.70. The van der Waals surface area contributed by atoms with Gasteiger partial charge < -0.3 is 9.84 Å². The van der Waals surface area contributed by atoms with E-state index in [0.717, 1.165) is 24.1 Å². The Bertz CT molecular complexity index is 573. The van der Waals surface area contributed by atoms with Crippen molar-refractivity contribution in [2.75, 3.05) is 0 Å². The summed E-state index contributed by atoms with van der Waals surface area (Å²) in [7, 11) is 0. The Kier molecular flexibility index (Phi) is 2.67. The summed E-state index contributed by atoms with van der Waals surface area (Å²) in [5.74, 6) is 1.43. The van der Waals surface area contributed by atoms with Crippen molar-refractivity contribution in [3.8, 4) is 17.4 Å². The van der Waals surface area contributed by atoms with Crippen LogP contribution in [0.3, 0.4) is 0 Å². The summed E-state index contributed by atoms with van der Waals surface area (Å²) in [6.07, 6.45) is 3.33. The van der Waals surface area contributed by atoms with E-state index in [0.29, 0.717) is 11.6 Å². The van der Waals surface area contributed by atoms with Crippen molar-refractivity contribution in [2.45, 2.75) is 26.2 Å². The zero-order valence-corrected chi connectivity index (χ0v) is 10.3. The number of pyridine rings is 1. The van der Waals surface area contributed by atoms with E-state index in [1.165, 1.54) is 12.0 Å². The summed E-state index contributed by atoms with van der Waals surface area (Å²) in [5, 5.41) is 9.53. The average molecular weight is 241 g/mol. The highest BCUT2D eigenvalue weighted by Crippen LogP contribution is 2.28. The monoisotopic (exact) mass is 241 g/mol. The molecule has 1 heterocycles. The third-order valence-corrected chi connectivity index (χ3v) is 3.16. The molecule has 0 saturated heterocycles. The number of phenols is 1. The highest BCUT2D eigenvalue weighted by molar-refractivity contribution is 5.39. The lowest BCUT2D eigenvalue weighted by Gasteiger charge is -2.07. The fourth-order valence-corrected chi connectivity index (χ4v) is 2.37. The first kappa shape index (κ1) is 11.1. The summed E-state index contributed by atoms with van der Waals surface area (Å²) in [5.41, 5.74) is 3.44. The second kappa shape index (κ2) is 4.33. The van der Waals surface area contributed by atoms with Crippen LogP contribution in [-0.2, 0) is 12.8 Å². The Morgan fingerprint density at radius 3 is 2.89 bits per heavy atom. The molecule has 3 nitrogen and oxygen atoms in total. The lowest BCUT2D eigenvalue weighted by molar-refractivity contribution is 0.444. The van der Waals surface area contributed by atoms with Gasteiger partial charge in [0.2, 0.25) is 5.88 Å². The lowest BCUT2D eigenvalue weighted by Crippen LogP contribution is -1.93. The third kappa shape index (κ3) is 2.16. The number of phenolic OH excluding ortho intramolecular Hbond substituents is 1. The molecule has 0 fully saturated rings. The summed E-state index contributed by atoms with van der Waals surface area (Å²) in [6, 6.07) is 9.16. The minimum absolute atomic E-state index is 0.214. The summed E-state index contributed by atoms with van der Waals surface area (Å²) in [6.45, 7) is 1.92. The molecule has 0 spiro atoms. The van der Waals surface area contributed by atoms with Crippen molar-refractivity contribution in [3.05, 3.63) is 47.2 Å². The van der Waals surface area contributed by atoms with Crippen molar-refractivity contribution in [3.63, 3.8) is 0 Å². The van der Waals surface area contributed by atoms with Gasteiger partial charge >= 0.3 is 0 Å². The topological polar surface area (TPSA) is 42.4 Å². The van der Waals surface area contributed by atoms with Crippen molar-refractivity contribution in [2.24, 2.45) is 0 Å². The second-order valence-corrected chi connectivity index (χ2v) is 4.72. The molecule has 0 amide bonds. The number of hydrogen-bond acceptors (Lipinski definition) is 3. The molecule has 1 aliphatic rings. The quantitative estimate of drug-likeness (QED) is 0.876. The zero-order chi connectivity index (χ0) is 12.5. The number of ether oxygens (including phenoxy) is 1. The predicted molar refractivity (Wildman–Crippen MR) is 69.2 cm³/mol.